The SMILES string of the molecule is CC(C)Cc1ncoc1-c1cncc(F)c1. The monoisotopic (exact) mass is 220 g/mol. The van der Waals surface area contributed by atoms with Gasteiger partial charge in [-0.05, 0) is 18.4 Å². The maximum atomic E-state index is 13.0. The van der Waals surface area contributed by atoms with Crippen molar-refractivity contribution in [1.82, 2.24) is 9.97 Å². The Bertz CT molecular complexity index is 479. The Morgan fingerprint density at radius 2 is 2.19 bits per heavy atom. The fraction of sp³-hybridized carbons (Fsp3) is 0.333. The van der Waals surface area contributed by atoms with Crippen LogP contribution in [0.4, 0.5) is 4.39 Å². The summed E-state index contributed by atoms with van der Waals surface area (Å²) < 4.78 is 18.3. The highest BCUT2D eigenvalue weighted by molar-refractivity contribution is 5.58. The van der Waals surface area contributed by atoms with Crippen molar-refractivity contribution in [2.75, 3.05) is 0 Å². The second-order valence-electron chi connectivity index (χ2n) is 4.12. The van der Waals surface area contributed by atoms with Crippen molar-refractivity contribution in [3.05, 3.63) is 36.4 Å². The van der Waals surface area contributed by atoms with Gasteiger partial charge in [0.15, 0.2) is 12.2 Å². The largest absolute Gasteiger partial charge is 0.443 e. The first-order chi connectivity index (χ1) is 7.66. The summed E-state index contributed by atoms with van der Waals surface area (Å²) in [5.41, 5.74) is 1.48. The molecule has 3 nitrogen and oxygen atoms in total. The van der Waals surface area contributed by atoms with E-state index in [1.807, 2.05) is 0 Å². The first-order valence-electron chi connectivity index (χ1n) is 5.20. The van der Waals surface area contributed by atoms with E-state index in [1.165, 1.54) is 18.7 Å². The molecule has 0 radical (unpaired) electrons. The maximum Gasteiger partial charge on any atom is 0.181 e. The topological polar surface area (TPSA) is 38.9 Å². The van der Waals surface area contributed by atoms with Crippen LogP contribution in [0.15, 0.2) is 29.3 Å². The first kappa shape index (κ1) is 10.8. The van der Waals surface area contributed by atoms with E-state index in [2.05, 4.69) is 23.8 Å². The van der Waals surface area contributed by atoms with Crippen LogP contribution in [-0.2, 0) is 6.42 Å². The zero-order valence-corrected chi connectivity index (χ0v) is 9.27. The standard InChI is InChI=1S/C12H13FN2O/c1-8(2)3-11-12(16-7-15-11)9-4-10(13)6-14-5-9/h4-8H,3H2,1-2H3. The molecule has 0 saturated carbocycles. The zero-order chi connectivity index (χ0) is 11.5. The quantitative estimate of drug-likeness (QED) is 0.797. The van der Waals surface area contributed by atoms with Crippen molar-refractivity contribution in [2.24, 2.45) is 5.92 Å². The molecule has 0 N–H and O–H groups in total. The summed E-state index contributed by atoms with van der Waals surface area (Å²) >= 11 is 0. The summed E-state index contributed by atoms with van der Waals surface area (Å²) in [6.07, 6.45) is 4.94. The number of halogens is 1. The molecule has 4 heteroatoms. The molecule has 0 bridgehead atoms. The van der Waals surface area contributed by atoms with Gasteiger partial charge >= 0.3 is 0 Å². The van der Waals surface area contributed by atoms with Crippen molar-refractivity contribution < 1.29 is 8.81 Å². The number of oxazole rings is 1. The van der Waals surface area contributed by atoms with Crippen molar-refractivity contribution >= 4 is 0 Å². The second kappa shape index (κ2) is 4.43. The first-order valence-corrected chi connectivity index (χ1v) is 5.20. The van der Waals surface area contributed by atoms with Crippen LogP contribution in [0.2, 0.25) is 0 Å². The molecule has 0 aliphatic rings. The minimum absolute atomic E-state index is 0.371. The lowest BCUT2D eigenvalue weighted by Gasteiger charge is -2.03. The van der Waals surface area contributed by atoms with Crippen LogP contribution in [0.3, 0.4) is 0 Å². The molecule has 2 aromatic heterocycles. The van der Waals surface area contributed by atoms with E-state index < -0.39 is 0 Å². The predicted molar refractivity (Wildman–Crippen MR) is 58.2 cm³/mol. The third kappa shape index (κ3) is 2.27. The molecule has 0 atom stereocenters. The Morgan fingerprint density at radius 3 is 2.88 bits per heavy atom. The average Bonchev–Trinajstić information content (AvgIpc) is 2.65. The van der Waals surface area contributed by atoms with E-state index in [4.69, 9.17) is 4.42 Å². The van der Waals surface area contributed by atoms with E-state index in [9.17, 15) is 4.39 Å². The number of hydrogen-bond donors (Lipinski definition) is 0. The lowest BCUT2D eigenvalue weighted by atomic mass is 10.0. The summed E-state index contributed by atoms with van der Waals surface area (Å²) in [6, 6.07) is 1.40. The van der Waals surface area contributed by atoms with Gasteiger partial charge in [0.1, 0.15) is 5.82 Å². The minimum atomic E-state index is -0.371. The summed E-state index contributed by atoms with van der Waals surface area (Å²) in [4.78, 5) is 7.94. The van der Waals surface area contributed by atoms with E-state index in [1.54, 1.807) is 6.20 Å². The van der Waals surface area contributed by atoms with Crippen LogP contribution < -0.4 is 0 Å². The third-order valence-electron chi connectivity index (χ3n) is 2.21. The smallest absolute Gasteiger partial charge is 0.181 e. The fourth-order valence-corrected chi connectivity index (χ4v) is 1.57. The van der Waals surface area contributed by atoms with Crippen LogP contribution in [0.1, 0.15) is 19.5 Å². The van der Waals surface area contributed by atoms with E-state index in [0.717, 1.165) is 12.1 Å². The molecule has 0 aliphatic heterocycles. The predicted octanol–water partition coefficient (Wildman–Crippen LogP) is 3.07. The minimum Gasteiger partial charge on any atom is -0.443 e. The summed E-state index contributed by atoms with van der Waals surface area (Å²) in [5, 5.41) is 0. The second-order valence-corrected chi connectivity index (χ2v) is 4.12. The highest BCUT2D eigenvalue weighted by Gasteiger charge is 2.12. The molecule has 0 spiro atoms. The Balaban J connectivity index is 2.37. The van der Waals surface area contributed by atoms with Crippen molar-refractivity contribution in [3.8, 4) is 11.3 Å². The normalized spacial score (nSPS) is 11.0. The highest BCUT2D eigenvalue weighted by Crippen LogP contribution is 2.24. The van der Waals surface area contributed by atoms with Gasteiger partial charge in [-0.3, -0.25) is 4.98 Å². The van der Waals surface area contributed by atoms with Gasteiger partial charge in [0, 0.05) is 11.8 Å². The molecular formula is C12H13FN2O. The van der Waals surface area contributed by atoms with E-state index in [-0.39, 0.29) is 5.82 Å². The van der Waals surface area contributed by atoms with Crippen LogP contribution in [-0.4, -0.2) is 9.97 Å². The molecule has 0 unspecified atom stereocenters. The molecule has 0 aromatic carbocycles. The Labute approximate surface area is 93.3 Å². The van der Waals surface area contributed by atoms with Crippen LogP contribution in [0.5, 0.6) is 0 Å². The van der Waals surface area contributed by atoms with Gasteiger partial charge in [-0.1, -0.05) is 13.8 Å². The maximum absolute atomic E-state index is 13.0. The molecule has 2 heterocycles. The summed E-state index contributed by atoms with van der Waals surface area (Å²) in [5.74, 6) is 0.718. The molecule has 2 aromatic rings. The van der Waals surface area contributed by atoms with E-state index in [0.29, 0.717) is 17.2 Å². The molecule has 0 amide bonds. The highest BCUT2D eigenvalue weighted by atomic mass is 19.1. The number of rotatable bonds is 3. The number of pyridine rings is 1. The van der Waals surface area contributed by atoms with Crippen LogP contribution in [0, 0.1) is 11.7 Å². The van der Waals surface area contributed by atoms with Crippen LogP contribution in [0.25, 0.3) is 11.3 Å². The Morgan fingerprint density at radius 1 is 1.38 bits per heavy atom. The summed E-state index contributed by atoms with van der Waals surface area (Å²) in [6.45, 7) is 4.20. The van der Waals surface area contributed by atoms with Crippen molar-refractivity contribution in [1.29, 1.82) is 0 Å². The average molecular weight is 220 g/mol. The molecule has 84 valence electrons. The number of hydrogen-bond acceptors (Lipinski definition) is 3. The van der Waals surface area contributed by atoms with Crippen molar-refractivity contribution in [2.45, 2.75) is 20.3 Å². The van der Waals surface area contributed by atoms with Gasteiger partial charge < -0.3 is 4.42 Å². The van der Waals surface area contributed by atoms with Gasteiger partial charge in [0.05, 0.1) is 11.9 Å². The summed E-state index contributed by atoms with van der Waals surface area (Å²) in [7, 11) is 0. The molecular weight excluding hydrogens is 207 g/mol. The van der Waals surface area contributed by atoms with Crippen molar-refractivity contribution in [3.63, 3.8) is 0 Å². The van der Waals surface area contributed by atoms with Crippen LogP contribution >= 0.6 is 0 Å². The van der Waals surface area contributed by atoms with Gasteiger partial charge in [-0.2, -0.15) is 0 Å². The lowest BCUT2D eigenvalue weighted by molar-refractivity contribution is 0.565. The van der Waals surface area contributed by atoms with E-state index >= 15 is 0 Å². The lowest BCUT2D eigenvalue weighted by Crippen LogP contribution is -1.96. The number of aromatic nitrogens is 2. The van der Waals surface area contributed by atoms with Gasteiger partial charge in [-0.25, -0.2) is 9.37 Å². The van der Waals surface area contributed by atoms with Gasteiger partial charge in [0.2, 0.25) is 0 Å². The molecule has 16 heavy (non-hydrogen) atoms. The van der Waals surface area contributed by atoms with Gasteiger partial charge in [0.25, 0.3) is 0 Å². The zero-order valence-electron chi connectivity index (χ0n) is 9.27. The number of nitrogens with zero attached hydrogens (tertiary/aromatic N) is 2. The molecule has 0 saturated heterocycles. The Hall–Kier alpha value is -1.71. The Kier molecular flexibility index (Phi) is 2.99. The third-order valence-corrected chi connectivity index (χ3v) is 2.21. The molecule has 2 rings (SSSR count). The van der Waals surface area contributed by atoms with Gasteiger partial charge in [-0.15, -0.1) is 0 Å². The molecule has 0 aliphatic carbocycles. The fourth-order valence-electron chi connectivity index (χ4n) is 1.57. The molecule has 0 fully saturated rings.